The Morgan fingerprint density at radius 2 is 0.964 bits per heavy atom. The quantitative estimate of drug-likeness (QED) is 0.555. The number of hydrogen-bond acceptors (Lipinski definition) is 1. The number of ketones is 1. The van der Waals surface area contributed by atoms with E-state index in [0.29, 0.717) is 0 Å². The maximum Gasteiger partial charge on any atom is 0.186 e. The van der Waals surface area contributed by atoms with Crippen molar-refractivity contribution in [3.8, 4) is 0 Å². The van der Waals surface area contributed by atoms with Gasteiger partial charge >= 0.3 is 0 Å². The van der Waals surface area contributed by atoms with E-state index in [4.69, 9.17) is 0 Å². The van der Waals surface area contributed by atoms with Crippen LogP contribution in [0, 0.1) is 10.8 Å². The average Bonchev–Trinajstić information content (AvgIpc) is 2.63. The third-order valence-corrected chi connectivity index (χ3v) is 5.12. The van der Waals surface area contributed by atoms with Crippen LogP contribution in [0.5, 0.6) is 0 Å². The molecule has 0 atom stereocenters. The van der Waals surface area contributed by atoms with Crippen LogP contribution in [0.2, 0.25) is 0 Å². The molecule has 0 fully saturated rings. The molecule has 144 valence electrons. The Bertz CT molecular complexity index is 879. The SMILES string of the molecule is CC(C)(C)C1=CC(=C(c2ccccc2)c2ccccc2)C=C(C(C)(C)C)C1=O. The zero-order chi connectivity index (χ0) is 20.5. The molecule has 0 unspecified atom stereocenters. The molecule has 0 aromatic heterocycles. The zero-order valence-corrected chi connectivity index (χ0v) is 17.8. The van der Waals surface area contributed by atoms with Crippen LogP contribution in [-0.2, 0) is 4.79 Å². The molecule has 1 aliphatic rings. The molecule has 1 nitrogen and oxygen atoms in total. The van der Waals surface area contributed by atoms with Gasteiger partial charge in [-0.25, -0.2) is 0 Å². The van der Waals surface area contributed by atoms with Gasteiger partial charge in [0.2, 0.25) is 0 Å². The lowest BCUT2D eigenvalue weighted by atomic mass is 9.71. The van der Waals surface area contributed by atoms with Gasteiger partial charge in [-0.1, -0.05) is 102 Å². The Morgan fingerprint density at radius 3 is 1.29 bits per heavy atom. The van der Waals surface area contributed by atoms with Crippen molar-refractivity contribution in [2.24, 2.45) is 10.8 Å². The van der Waals surface area contributed by atoms with E-state index in [1.54, 1.807) is 0 Å². The molecule has 0 bridgehead atoms. The van der Waals surface area contributed by atoms with E-state index in [-0.39, 0.29) is 16.6 Å². The second-order valence-electron chi connectivity index (χ2n) is 9.51. The van der Waals surface area contributed by atoms with E-state index in [2.05, 4.69) is 102 Å². The fraction of sp³-hybridized carbons (Fsp3) is 0.296. The molecule has 28 heavy (non-hydrogen) atoms. The lowest BCUT2D eigenvalue weighted by molar-refractivity contribution is -0.114. The Morgan fingerprint density at radius 1 is 0.607 bits per heavy atom. The van der Waals surface area contributed by atoms with Crippen molar-refractivity contribution in [3.63, 3.8) is 0 Å². The monoisotopic (exact) mass is 370 g/mol. The first-order valence-electron chi connectivity index (χ1n) is 9.93. The summed E-state index contributed by atoms with van der Waals surface area (Å²) in [6, 6.07) is 20.9. The van der Waals surface area contributed by atoms with Crippen LogP contribution in [0.1, 0.15) is 52.7 Å². The second kappa shape index (κ2) is 7.39. The molecule has 0 amide bonds. The van der Waals surface area contributed by atoms with Crippen LogP contribution < -0.4 is 0 Å². The molecule has 0 N–H and O–H groups in total. The molecule has 1 heteroatoms. The van der Waals surface area contributed by atoms with Gasteiger partial charge in [0, 0.05) is 11.1 Å². The van der Waals surface area contributed by atoms with Crippen molar-refractivity contribution >= 4 is 11.4 Å². The van der Waals surface area contributed by atoms with Crippen molar-refractivity contribution in [2.75, 3.05) is 0 Å². The molecular weight excluding hydrogens is 340 g/mol. The molecule has 0 aliphatic heterocycles. The molecule has 2 aromatic rings. The highest BCUT2D eigenvalue weighted by Crippen LogP contribution is 2.41. The number of carbonyl (C=O) groups is 1. The van der Waals surface area contributed by atoms with Crippen LogP contribution >= 0.6 is 0 Å². The fourth-order valence-electron chi connectivity index (χ4n) is 3.60. The fourth-order valence-corrected chi connectivity index (χ4v) is 3.60. The first kappa shape index (κ1) is 20.1. The first-order valence-corrected chi connectivity index (χ1v) is 9.93. The third kappa shape index (κ3) is 4.09. The van der Waals surface area contributed by atoms with Crippen LogP contribution in [0.15, 0.2) is 89.5 Å². The van der Waals surface area contributed by atoms with E-state index in [9.17, 15) is 4.79 Å². The smallest absolute Gasteiger partial charge is 0.186 e. The summed E-state index contributed by atoms with van der Waals surface area (Å²) in [5.41, 5.74) is 5.90. The minimum Gasteiger partial charge on any atom is -0.289 e. The highest BCUT2D eigenvalue weighted by molar-refractivity contribution is 6.12. The minimum absolute atomic E-state index is 0.171. The van der Waals surface area contributed by atoms with Gasteiger partial charge in [-0.05, 0) is 45.3 Å². The van der Waals surface area contributed by atoms with Crippen LogP contribution in [0.3, 0.4) is 0 Å². The Hall–Kier alpha value is -2.67. The van der Waals surface area contributed by atoms with Crippen molar-refractivity contribution in [2.45, 2.75) is 41.5 Å². The van der Waals surface area contributed by atoms with Crippen LogP contribution in [0.25, 0.3) is 5.57 Å². The molecule has 0 saturated heterocycles. The number of allylic oxidation sites excluding steroid dienone is 5. The number of rotatable bonds is 2. The van der Waals surface area contributed by atoms with Crippen LogP contribution in [-0.4, -0.2) is 5.78 Å². The topological polar surface area (TPSA) is 17.1 Å². The van der Waals surface area contributed by atoms with Gasteiger partial charge in [0.15, 0.2) is 5.78 Å². The molecular formula is C27H30O. The lowest BCUT2D eigenvalue weighted by Crippen LogP contribution is -2.28. The summed E-state index contributed by atoms with van der Waals surface area (Å²) in [4.78, 5) is 13.3. The van der Waals surface area contributed by atoms with Gasteiger partial charge in [-0.15, -0.1) is 0 Å². The summed E-state index contributed by atoms with van der Waals surface area (Å²) in [5.74, 6) is 0.171. The Balaban J connectivity index is 2.38. The van der Waals surface area contributed by atoms with Crippen molar-refractivity contribution < 1.29 is 4.79 Å². The Kier molecular flexibility index (Phi) is 5.30. The summed E-state index contributed by atoms with van der Waals surface area (Å²) in [5, 5.41) is 0. The minimum atomic E-state index is -0.217. The average molecular weight is 371 g/mol. The number of benzene rings is 2. The largest absolute Gasteiger partial charge is 0.289 e. The molecule has 1 aliphatic carbocycles. The van der Waals surface area contributed by atoms with E-state index in [0.717, 1.165) is 33.4 Å². The third-order valence-electron chi connectivity index (χ3n) is 5.12. The van der Waals surface area contributed by atoms with Crippen molar-refractivity contribution in [3.05, 3.63) is 101 Å². The predicted octanol–water partition coefficient (Wildman–Crippen LogP) is 7.02. The van der Waals surface area contributed by atoms with Gasteiger partial charge in [-0.3, -0.25) is 4.79 Å². The molecule has 3 rings (SSSR count). The van der Waals surface area contributed by atoms with E-state index in [1.807, 2.05) is 12.1 Å². The zero-order valence-electron chi connectivity index (χ0n) is 17.8. The highest BCUT2D eigenvalue weighted by atomic mass is 16.1. The second-order valence-corrected chi connectivity index (χ2v) is 9.51. The van der Waals surface area contributed by atoms with E-state index >= 15 is 0 Å². The van der Waals surface area contributed by atoms with Gasteiger partial charge < -0.3 is 0 Å². The highest BCUT2D eigenvalue weighted by Gasteiger charge is 2.34. The molecule has 2 aromatic carbocycles. The van der Waals surface area contributed by atoms with Gasteiger partial charge in [0.25, 0.3) is 0 Å². The summed E-state index contributed by atoms with van der Waals surface area (Å²) in [7, 11) is 0. The first-order chi connectivity index (χ1) is 13.1. The molecule has 0 saturated carbocycles. The summed E-state index contributed by atoms with van der Waals surface area (Å²) >= 11 is 0. The maximum absolute atomic E-state index is 13.3. The molecule has 0 radical (unpaired) electrons. The normalized spacial score (nSPS) is 15.2. The standard InChI is InChI=1S/C27H30O/c1-26(2,3)22-17-21(18-23(25(22)28)27(4,5)6)24(19-13-9-7-10-14-19)20-15-11-8-12-16-20/h7-18H,1-6H3. The molecule has 0 heterocycles. The van der Waals surface area contributed by atoms with Gasteiger partial charge in [0.05, 0.1) is 0 Å². The Labute approximate surface area is 169 Å². The van der Waals surface area contributed by atoms with Crippen LogP contribution in [0.4, 0.5) is 0 Å². The number of hydrogen-bond donors (Lipinski definition) is 0. The van der Waals surface area contributed by atoms with Crippen molar-refractivity contribution in [1.29, 1.82) is 0 Å². The van der Waals surface area contributed by atoms with Gasteiger partial charge in [-0.2, -0.15) is 0 Å². The number of carbonyl (C=O) groups excluding carboxylic acids is 1. The van der Waals surface area contributed by atoms with Crippen molar-refractivity contribution in [1.82, 2.24) is 0 Å². The summed E-state index contributed by atoms with van der Waals surface area (Å²) in [6.07, 6.45) is 4.21. The van der Waals surface area contributed by atoms with E-state index < -0.39 is 0 Å². The predicted molar refractivity (Wildman–Crippen MR) is 119 cm³/mol. The maximum atomic E-state index is 13.3. The molecule has 0 spiro atoms. The number of Topliss-reactive ketones (excluding diaryl/α,β-unsaturated/α-hetero) is 1. The van der Waals surface area contributed by atoms with E-state index in [1.165, 1.54) is 0 Å². The summed E-state index contributed by atoms with van der Waals surface area (Å²) in [6.45, 7) is 12.7. The summed E-state index contributed by atoms with van der Waals surface area (Å²) < 4.78 is 0. The lowest BCUT2D eigenvalue weighted by Gasteiger charge is -2.32. The van der Waals surface area contributed by atoms with Gasteiger partial charge in [0.1, 0.15) is 0 Å².